The Morgan fingerprint density at radius 2 is 1.88 bits per heavy atom. The van der Waals surface area contributed by atoms with Crippen molar-refractivity contribution in [1.29, 1.82) is 0 Å². The van der Waals surface area contributed by atoms with Crippen LogP contribution in [-0.4, -0.2) is 59.0 Å². The Morgan fingerprint density at radius 3 is 2.38 bits per heavy atom. The maximum absolute atomic E-state index is 12.8. The number of hydrogen-bond acceptors (Lipinski definition) is 3. The molecular weight excluding hydrogens is 304 g/mol. The molecule has 1 aliphatic carbocycles. The molecule has 3 rings (SSSR count). The molecule has 1 saturated heterocycles. The zero-order chi connectivity index (χ0) is 17.3. The summed E-state index contributed by atoms with van der Waals surface area (Å²) >= 11 is 0. The Bertz CT molecular complexity index is 600. The van der Waals surface area contributed by atoms with Crippen molar-refractivity contribution in [1.82, 2.24) is 9.80 Å². The molecule has 1 aromatic rings. The zero-order valence-electron chi connectivity index (χ0n) is 14.4. The highest BCUT2D eigenvalue weighted by molar-refractivity contribution is 5.82. The fourth-order valence-electron chi connectivity index (χ4n) is 3.87. The van der Waals surface area contributed by atoms with E-state index in [-0.39, 0.29) is 42.3 Å². The lowest BCUT2D eigenvalue weighted by Gasteiger charge is -2.57. The molecule has 1 saturated carbocycles. The highest BCUT2D eigenvalue weighted by Gasteiger charge is 2.52. The van der Waals surface area contributed by atoms with Gasteiger partial charge in [-0.15, -0.1) is 0 Å². The van der Waals surface area contributed by atoms with E-state index in [1.165, 1.54) is 6.92 Å². The molecule has 3 atom stereocenters. The van der Waals surface area contributed by atoms with Crippen LogP contribution in [0, 0.1) is 5.92 Å². The molecule has 0 aromatic heterocycles. The molecule has 0 bridgehead atoms. The zero-order valence-corrected chi connectivity index (χ0v) is 14.4. The standard InChI is InChI=1S/C19H26N2O3/c1-13(23)20(2)11-16-18(14-7-4-3-5-8-14)17(12-22)21(16)19(24)15-9-6-10-15/h3-5,7-8,15-18,22H,6,9-12H2,1-2H3/t16-,17+,18-/m0/s1. The van der Waals surface area contributed by atoms with Crippen molar-refractivity contribution in [2.45, 2.75) is 44.2 Å². The summed E-state index contributed by atoms with van der Waals surface area (Å²) in [5, 5.41) is 9.90. The average molecular weight is 330 g/mol. The molecule has 1 aliphatic heterocycles. The van der Waals surface area contributed by atoms with Crippen LogP contribution in [0.15, 0.2) is 30.3 Å². The number of carbonyl (C=O) groups is 2. The van der Waals surface area contributed by atoms with Gasteiger partial charge in [-0.1, -0.05) is 36.8 Å². The Morgan fingerprint density at radius 1 is 1.21 bits per heavy atom. The molecule has 130 valence electrons. The summed E-state index contributed by atoms with van der Waals surface area (Å²) in [4.78, 5) is 28.0. The number of carbonyl (C=O) groups excluding carboxylic acids is 2. The Labute approximate surface area is 143 Å². The number of aliphatic hydroxyl groups excluding tert-OH is 1. The fraction of sp³-hybridized carbons (Fsp3) is 0.579. The predicted molar refractivity (Wildman–Crippen MR) is 91.3 cm³/mol. The second-order valence-electron chi connectivity index (χ2n) is 7.03. The Kier molecular flexibility index (Phi) is 4.90. The lowest BCUT2D eigenvalue weighted by atomic mass is 9.72. The molecule has 5 nitrogen and oxygen atoms in total. The quantitative estimate of drug-likeness (QED) is 0.892. The Hall–Kier alpha value is -1.88. The van der Waals surface area contributed by atoms with Crippen LogP contribution in [0.1, 0.15) is 37.7 Å². The molecule has 1 N–H and O–H groups in total. The summed E-state index contributed by atoms with van der Waals surface area (Å²) in [6, 6.07) is 9.75. The monoisotopic (exact) mass is 330 g/mol. The largest absolute Gasteiger partial charge is 0.394 e. The number of hydrogen-bond donors (Lipinski definition) is 1. The van der Waals surface area contributed by atoms with Crippen LogP contribution in [0.4, 0.5) is 0 Å². The van der Waals surface area contributed by atoms with E-state index in [9.17, 15) is 14.7 Å². The first-order chi connectivity index (χ1) is 11.5. The summed E-state index contributed by atoms with van der Waals surface area (Å²) in [6.07, 6.45) is 2.99. The van der Waals surface area contributed by atoms with Gasteiger partial charge in [0.25, 0.3) is 0 Å². The molecule has 5 heteroatoms. The van der Waals surface area contributed by atoms with Crippen molar-refractivity contribution < 1.29 is 14.7 Å². The van der Waals surface area contributed by atoms with Gasteiger partial charge < -0.3 is 14.9 Å². The maximum Gasteiger partial charge on any atom is 0.226 e. The van der Waals surface area contributed by atoms with E-state index in [1.807, 2.05) is 35.2 Å². The first kappa shape index (κ1) is 17.0. The third-order valence-corrected chi connectivity index (χ3v) is 5.62. The fourth-order valence-corrected chi connectivity index (χ4v) is 3.87. The normalized spacial score (nSPS) is 26.5. The van der Waals surface area contributed by atoms with E-state index >= 15 is 0 Å². The number of amides is 2. The molecule has 2 amide bonds. The summed E-state index contributed by atoms with van der Waals surface area (Å²) in [5.41, 5.74) is 1.12. The maximum atomic E-state index is 12.8. The third kappa shape index (κ3) is 2.93. The van der Waals surface area contributed by atoms with Crippen molar-refractivity contribution in [3.8, 4) is 0 Å². The van der Waals surface area contributed by atoms with E-state index in [0.29, 0.717) is 6.54 Å². The first-order valence-corrected chi connectivity index (χ1v) is 8.74. The van der Waals surface area contributed by atoms with E-state index in [2.05, 4.69) is 0 Å². The smallest absolute Gasteiger partial charge is 0.226 e. The number of benzene rings is 1. The topological polar surface area (TPSA) is 60.9 Å². The van der Waals surface area contributed by atoms with Crippen LogP contribution in [0.5, 0.6) is 0 Å². The van der Waals surface area contributed by atoms with Crippen molar-refractivity contribution in [3.63, 3.8) is 0 Å². The molecular formula is C19H26N2O3. The van der Waals surface area contributed by atoms with E-state index in [1.54, 1.807) is 11.9 Å². The van der Waals surface area contributed by atoms with Gasteiger partial charge in [0.2, 0.25) is 11.8 Å². The van der Waals surface area contributed by atoms with Crippen molar-refractivity contribution in [2.24, 2.45) is 5.92 Å². The highest BCUT2D eigenvalue weighted by Crippen LogP contribution is 2.43. The number of aliphatic hydroxyl groups is 1. The molecule has 2 aliphatic rings. The van der Waals surface area contributed by atoms with Crippen molar-refractivity contribution in [2.75, 3.05) is 20.2 Å². The predicted octanol–water partition coefficient (Wildman–Crippen LogP) is 1.62. The lowest BCUT2D eigenvalue weighted by Crippen LogP contribution is -2.69. The van der Waals surface area contributed by atoms with Gasteiger partial charge in [0.05, 0.1) is 18.7 Å². The second-order valence-corrected chi connectivity index (χ2v) is 7.03. The average Bonchev–Trinajstić information content (AvgIpc) is 2.50. The minimum absolute atomic E-state index is 0.00898. The summed E-state index contributed by atoms with van der Waals surface area (Å²) < 4.78 is 0. The van der Waals surface area contributed by atoms with Crippen LogP contribution in [-0.2, 0) is 9.59 Å². The summed E-state index contributed by atoms with van der Waals surface area (Å²) in [7, 11) is 1.77. The number of nitrogens with zero attached hydrogens (tertiary/aromatic N) is 2. The molecule has 0 unspecified atom stereocenters. The number of rotatable bonds is 5. The van der Waals surface area contributed by atoms with Crippen molar-refractivity contribution >= 4 is 11.8 Å². The SMILES string of the molecule is CC(=O)N(C)C[C@H]1[C@H](c2ccccc2)[C@@H](CO)N1C(=O)C1CCC1. The molecule has 2 fully saturated rings. The lowest BCUT2D eigenvalue weighted by molar-refractivity contribution is -0.160. The van der Waals surface area contributed by atoms with Gasteiger partial charge in [0.1, 0.15) is 0 Å². The summed E-state index contributed by atoms with van der Waals surface area (Å²) in [5.74, 6) is 0.308. The minimum Gasteiger partial charge on any atom is -0.394 e. The van der Waals surface area contributed by atoms with Gasteiger partial charge in [0.15, 0.2) is 0 Å². The Balaban J connectivity index is 1.85. The molecule has 0 spiro atoms. The highest BCUT2D eigenvalue weighted by atomic mass is 16.3. The van der Waals surface area contributed by atoms with E-state index in [4.69, 9.17) is 0 Å². The molecule has 1 heterocycles. The first-order valence-electron chi connectivity index (χ1n) is 8.74. The van der Waals surface area contributed by atoms with Crippen LogP contribution < -0.4 is 0 Å². The van der Waals surface area contributed by atoms with Gasteiger partial charge in [-0.3, -0.25) is 9.59 Å². The van der Waals surface area contributed by atoms with E-state index in [0.717, 1.165) is 24.8 Å². The minimum atomic E-state index is -0.189. The van der Waals surface area contributed by atoms with Crippen LogP contribution in [0.2, 0.25) is 0 Å². The number of likely N-dealkylation sites (N-methyl/N-ethyl adjacent to an activating group) is 1. The van der Waals surface area contributed by atoms with Crippen LogP contribution >= 0.6 is 0 Å². The molecule has 1 aromatic carbocycles. The molecule has 0 radical (unpaired) electrons. The van der Waals surface area contributed by atoms with Crippen LogP contribution in [0.3, 0.4) is 0 Å². The second kappa shape index (κ2) is 6.93. The van der Waals surface area contributed by atoms with Gasteiger partial charge >= 0.3 is 0 Å². The van der Waals surface area contributed by atoms with Crippen LogP contribution in [0.25, 0.3) is 0 Å². The van der Waals surface area contributed by atoms with Gasteiger partial charge in [-0.05, 0) is 18.4 Å². The van der Waals surface area contributed by atoms with Gasteiger partial charge in [-0.2, -0.15) is 0 Å². The number of likely N-dealkylation sites (tertiary alicyclic amines) is 1. The molecule has 24 heavy (non-hydrogen) atoms. The van der Waals surface area contributed by atoms with Gasteiger partial charge in [-0.25, -0.2) is 0 Å². The van der Waals surface area contributed by atoms with Gasteiger partial charge in [0, 0.05) is 32.4 Å². The van der Waals surface area contributed by atoms with E-state index < -0.39 is 0 Å². The summed E-state index contributed by atoms with van der Waals surface area (Å²) in [6.45, 7) is 2.00. The third-order valence-electron chi connectivity index (χ3n) is 5.62. The van der Waals surface area contributed by atoms with Crippen molar-refractivity contribution in [3.05, 3.63) is 35.9 Å².